The normalized spacial score (nSPS) is 10.5. The van der Waals surface area contributed by atoms with E-state index in [2.05, 4.69) is 15.9 Å². The molecule has 2 aromatic rings. The number of hydrogen-bond donors (Lipinski definition) is 1. The average Bonchev–Trinajstić information content (AvgIpc) is 2.74. The van der Waals surface area contributed by atoms with Crippen molar-refractivity contribution >= 4 is 38.9 Å². The van der Waals surface area contributed by atoms with Crippen LogP contribution in [0.4, 0.5) is 5.69 Å². The molecule has 0 aliphatic rings. The summed E-state index contributed by atoms with van der Waals surface area (Å²) in [5.74, 6) is -0.0537. The standard InChI is InChI=1S/C14H15BrN2OS/c1-9-3-4-12(13(16)5-9)14(18)17(2)7-11-6-10(15)8-19-11/h3-6,8H,7,16H2,1-2H3. The van der Waals surface area contributed by atoms with E-state index in [4.69, 9.17) is 5.73 Å². The molecule has 0 bridgehead atoms. The third-order valence-corrected chi connectivity index (χ3v) is 4.48. The zero-order valence-electron chi connectivity index (χ0n) is 10.8. The molecule has 1 heterocycles. The van der Waals surface area contributed by atoms with E-state index in [9.17, 15) is 4.79 Å². The van der Waals surface area contributed by atoms with Crippen LogP contribution in [-0.4, -0.2) is 17.9 Å². The van der Waals surface area contributed by atoms with E-state index >= 15 is 0 Å². The highest BCUT2D eigenvalue weighted by molar-refractivity contribution is 9.10. The van der Waals surface area contributed by atoms with E-state index in [1.54, 1.807) is 29.4 Å². The molecule has 19 heavy (non-hydrogen) atoms. The maximum atomic E-state index is 12.3. The highest BCUT2D eigenvalue weighted by atomic mass is 79.9. The van der Waals surface area contributed by atoms with E-state index in [1.807, 2.05) is 30.5 Å². The molecular weight excluding hydrogens is 324 g/mol. The first-order valence-electron chi connectivity index (χ1n) is 5.82. The van der Waals surface area contributed by atoms with Gasteiger partial charge in [0.2, 0.25) is 0 Å². The number of benzene rings is 1. The third kappa shape index (κ3) is 3.36. The van der Waals surface area contributed by atoms with Crippen LogP contribution < -0.4 is 5.73 Å². The molecule has 5 heteroatoms. The predicted octanol–water partition coefficient (Wildman–Crippen LogP) is 3.67. The zero-order chi connectivity index (χ0) is 14.0. The Kier molecular flexibility index (Phi) is 4.27. The van der Waals surface area contributed by atoms with Crippen molar-refractivity contribution in [3.8, 4) is 0 Å². The van der Waals surface area contributed by atoms with Gasteiger partial charge in [-0.1, -0.05) is 6.07 Å². The summed E-state index contributed by atoms with van der Waals surface area (Å²) >= 11 is 5.04. The molecule has 0 aliphatic carbocycles. The lowest BCUT2D eigenvalue weighted by Crippen LogP contribution is -2.26. The number of aryl methyl sites for hydroxylation is 1. The van der Waals surface area contributed by atoms with Crippen LogP contribution in [0.5, 0.6) is 0 Å². The lowest BCUT2D eigenvalue weighted by molar-refractivity contribution is 0.0787. The third-order valence-electron chi connectivity index (χ3n) is 2.80. The van der Waals surface area contributed by atoms with Gasteiger partial charge in [0.15, 0.2) is 0 Å². The Balaban J connectivity index is 2.14. The van der Waals surface area contributed by atoms with E-state index in [0.717, 1.165) is 14.9 Å². The molecule has 0 atom stereocenters. The van der Waals surface area contributed by atoms with Gasteiger partial charge in [-0.25, -0.2) is 0 Å². The maximum Gasteiger partial charge on any atom is 0.256 e. The molecule has 0 unspecified atom stereocenters. The Morgan fingerprint density at radius 2 is 2.16 bits per heavy atom. The van der Waals surface area contributed by atoms with Crippen LogP contribution in [0.25, 0.3) is 0 Å². The Bertz CT molecular complexity index is 609. The number of nitrogen functional groups attached to an aromatic ring is 1. The lowest BCUT2D eigenvalue weighted by Gasteiger charge is -2.17. The van der Waals surface area contributed by atoms with Crippen molar-refractivity contribution in [1.82, 2.24) is 4.90 Å². The van der Waals surface area contributed by atoms with Gasteiger partial charge in [-0.2, -0.15) is 0 Å². The van der Waals surface area contributed by atoms with Crippen LogP contribution in [0.3, 0.4) is 0 Å². The summed E-state index contributed by atoms with van der Waals surface area (Å²) in [6, 6.07) is 7.53. The minimum absolute atomic E-state index is 0.0537. The van der Waals surface area contributed by atoms with Crippen LogP contribution in [-0.2, 0) is 6.54 Å². The summed E-state index contributed by atoms with van der Waals surface area (Å²) in [5.41, 5.74) is 8.05. The van der Waals surface area contributed by atoms with Gasteiger partial charge in [-0.15, -0.1) is 11.3 Å². The Morgan fingerprint density at radius 1 is 1.42 bits per heavy atom. The molecule has 1 amide bonds. The van der Waals surface area contributed by atoms with Crippen molar-refractivity contribution in [3.05, 3.63) is 50.1 Å². The molecule has 0 saturated heterocycles. The van der Waals surface area contributed by atoms with Crippen molar-refractivity contribution in [2.24, 2.45) is 0 Å². The van der Waals surface area contributed by atoms with E-state index in [-0.39, 0.29) is 5.91 Å². The van der Waals surface area contributed by atoms with E-state index in [1.165, 1.54) is 0 Å². The smallest absolute Gasteiger partial charge is 0.256 e. The second-order valence-corrected chi connectivity index (χ2v) is 6.39. The molecule has 100 valence electrons. The molecule has 0 spiro atoms. The van der Waals surface area contributed by atoms with Gasteiger partial charge in [0.05, 0.1) is 12.1 Å². The van der Waals surface area contributed by atoms with Gasteiger partial charge in [0, 0.05) is 27.5 Å². The minimum Gasteiger partial charge on any atom is -0.398 e. The van der Waals surface area contributed by atoms with Crippen LogP contribution >= 0.6 is 27.3 Å². The van der Waals surface area contributed by atoms with Crippen LogP contribution in [0, 0.1) is 6.92 Å². The number of thiophene rings is 1. The summed E-state index contributed by atoms with van der Waals surface area (Å²) < 4.78 is 1.04. The minimum atomic E-state index is -0.0537. The van der Waals surface area contributed by atoms with E-state index < -0.39 is 0 Å². The molecule has 0 fully saturated rings. The number of anilines is 1. The van der Waals surface area contributed by atoms with Crippen molar-refractivity contribution < 1.29 is 4.79 Å². The SMILES string of the molecule is Cc1ccc(C(=O)N(C)Cc2cc(Br)cs2)c(N)c1. The summed E-state index contributed by atoms with van der Waals surface area (Å²) in [7, 11) is 1.79. The van der Waals surface area contributed by atoms with Gasteiger partial charge in [-0.3, -0.25) is 4.79 Å². The summed E-state index contributed by atoms with van der Waals surface area (Å²) in [4.78, 5) is 15.1. The van der Waals surface area contributed by atoms with E-state index in [0.29, 0.717) is 17.8 Å². The second kappa shape index (κ2) is 5.75. The number of carbonyl (C=O) groups is 1. The molecule has 1 aromatic heterocycles. The van der Waals surface area contributed by atoms with Crippen molar-refractivity contribution in [2.45, 2.75) is 13.5 Å². The number of nitrogens with two attached hydrogens (primary N) is 1. The zero-order valence-corrected chi connectivity index (χ0v) is 13.2. The molecule has 3 nitrogen and oxygen atoms in total. The van der Waals surface area contributed by atoms with Gasteiger partial charge < -0.3 is 10.6 Å². The first-order chi connectivity index (χ1) is 8.97. The topological polar surface area (TPSA) is 46.3 Å². The summed E-state index contributed by atoms with van der Waals surface area (Å²) in [5, 5.41) is 2.01. The highest BCUT2D eigenvalue weighted by Gasteiger charge is 2.15. The molecule has 1 aromatic carbocycles. The molecule has 0 radical (unpaired) electrons. The van der Waals surface area contributed by atoms with Crippen LogP contribution in [0.2, 0.25) is 0 Å². The summed E-state index contributed by atoms with van der Waals surface area (Å²) in [6.07, 6.45) is 0. The monoisotopic (exact) mass is 338 g/mol. The van der Waals surface area contributed by atoms with Crippen molar-refractivity contribution in [1.29, 1.82) is 0 Å². The molecule has 2 rings (SSSR count). The fourth-order valence-corrected chi connectivity index (χ4v) is 3.33. The Labute approximate surface area is 125 Å². The number of nitrogens with zero attached hydrogens (tertiary/aromatic N) is 1. The van der Waals surface area contributed by atoms with Gasteiger partial charge in [0.1, 0.15) is 0 Å². The fourth-order valence-electron chi connectivity index (χ4n) is 1.82. The lowest BCUT2D eigenvalue weighted by atomic mass is 10.1. The number of rotatable bonds is 3. The van der Waals surface area contributed by atoms with Gasteiger partial charge >= 0.3 is 0 Å². The average molecular weight is 339 g/mol. The quantitative estimate of drug-likeness (QED) is 0.868. The maximum absolute atomic E-state index is 12.3. The Morgan fingerprint density at radius 3 is 2.74 bits per heavy atom. The number of amides is 1. The fraction of sp³-hybridized carbons (Fsp3) is 0.214. The molecular formula is C14H15BrN2OS. The van der Waals surface area contributed by atoms with Crippen molar-refractivity contribution in [3.63, 3.8) is 0 Å². The first kappa shape index (κ1) is 14.1. The molecule has 2 N–H and O–H groups in total. The Hall–Kier alpha value is -1.33. The molecule has 0 saturated carbocycles. The number of carbonyl (C=O) groups excluding carboxylic acids is 1. The number of halogens is 1. The van der Waals surface area contributed by atoms with Gasteiger partial charge in [-0.05, 0) is 46.6 Å². The predicted molar refractivity (Wildman–Crippen MR) is 83.4 cm³/mol. The number of hydrogen-bond acceptors (Lipinski definition) is 3. The van der Waals surface area contributed by atoms with Gasteiger partial charge in [0.25, 0.3) is 5.91 Å². The highest BCUT2D eigenvalue weighted by Crippen LogP contribution is 2.22. The van der Waals surface area contributed by atoms with Crippen LogP contribution in [0.15, 0.2) is 34.1 Å². The van der Waals surface area contributed by atoms with Crippen molar-refractivity contribution in [2.75, 3.05) is 12.8 Å². The second-order valence-electron chi connectivity index (χ2n) is 4.48. The summed E-state index contributed by atoms with van der Waals surface area (Å²) in [6.45, 7) is 2.54. The van der Waals surface area contributed by atoms with Crippen LogP contribution in [0.1, 0.15) is 20.8 Å². The largest absolute Gasteiger partial charge is 0.398 e. The molecule has 0 aliphatic heterocycles. The first-order valence-corrected chi connectivity index (χ1v) is 7.49.